The van der Waals surface area contributed by atoms with Gasteiger partial charge >= 0.3 is 0 Å². The standard InChI is InChI=1S/C16H16BrN3OS/c1-10-19-11(9-22-10)7-8-18-16(21)15-14(17)12-5-3-4-6-13(12)20(15)2/h3-6,9H,7-8H2,1-2H3,(H,18,21). The van der Waals surface area contributed by atoms with Crippen molar-refractivity contribution in [3.63, 3.8) is 0 Å². The Morgan fingerprint density at radius 2 is 2.18 bits per heavy atom. The summed E-state index contributed by atoms with van der Waals surface area (Å²) < 4.78 is 2.76. The van der Waals surface area contributed by atoms with Crippen LogP contribution in [0.3, 0.4) is 0 Å². The lowest BCUT2D eigenvalue weighted by atomic mass is 10.2. The zero-order valence-electron chi connectivity index (χ0n) is 12.4. The lowest BCUT2D eigenvalue weighted by Crippen LogP contribution is -2.27. The smallest absolute Gasteiger partial charge is 0.269 e. The van der Waals surface area contributed by atoms with E-state index in [4.69, 9.17) is 0 Å². The maximum atomic E-state index is 12.5. The Balaban J connectivity index is 1.75. The van der Waals surface area contributed by atoms with E-state index in [1.807, 2.05) is 48.2 Å². The van der Waals surface area contributed by atoms with E-state index in [1.54, 1.807) is 11.3 Å². The van der Waals surface area contributed by atoms with Gasteiger partial charge in [0.15, 0.2) is 0 Å². The molecular weight excluding hydrogens is 362 g/mol. The number of hydrogen-bond acceptors (Lipinski definition) is 3. The first-order chi connectivity index (χ1) is 10.6. The summed E-state index contributed by atoms with van der Waals surface area (Å²) in [6, 6.07) is 7.96. The Morgan fingerprint density at radius 3 is 2.86 bits per heavy atom. The number of para-hydroxylation sites is 1. The number of aromatic nitrogens is 2. The third-order valence-electron chi connectivity index (χ3n) is 3.59. The van der Waals surface area contributed by atoms with Crippen LogP contribution in [0.1, 0.15) is 21.2 Å². The molecule has 3 rings (SSSR count). The lowest BCUT2D eigenvalue weighted by molar-refractivity contribution is 0.0945. The Bertz CT molecular complexity index is 798. The highest BCUT2D eigenvalue weighted by Gasteiger charge is 2.18. The van der Waals surface area contributed by atoms with Gasteiger partial charge in [-0.25, -0.2) is 4.98 Å². The topological polar surface area (TPSA) is 46.9 Å². The van der Waals surface area contributed by atoms with Gasteiger partial charge in [-0.3, -0.25) is 4.79 Å². The molecule has 0 fully saturated rings. The number of benzene rings is 1. The molecule has 0 saturated heterocycles. The molecule has 22 heavy (non-hydrogen) atoms. The van der Waals surface area contributed by atoms with E-state index in [9.17, 15) is 4.79 Å². The van der Waals surface area contributed by atoms with Gasteiger partial charge in [-0.05, 0) is 28.9 Å². The van der Waals surface area contributed by atoms with Crippen LogP contribution in [0.25, 0.3) is 10.9 Å². The minimum absolute atomic E-state index is 0.0717. The molecule has 0 unspecified atom stereocenters. The lowest BCUT2D eigenvalue weighted by Gasteiger charge is -2.06. The van der Waals surface area contributed by atoms with E-state index in [2.05, 4.69) is 26.2 Å². The SMILES string of the molecule is Cc1nc(CCNC(=O)c2c(Br)c3ccccc3n2C)cs1. The summed E-state index contributed by atoms with van der Waals surface area (Å²) in [7, 11) is 1.91. The summed E-state index contributed by atoms with van der Waals surface area (Å²) in [5.74, 6) is -0.0717. The van der Waals surface area contributed by atoms with Gasteiger partial charge in [-0.15, -0.1) is 11.3 Å². The normalized spacial score (nSPS) is 11.0. The van der Waals surface area contributed by atoms with E-state index >= 15 is 0 Å². The molecule has 0 aliphatic carbocycles. The fourth-order valence-corrected chi connectivity index (χ4v) is 3.94. The van der Waals surface area contributed by atoms with Gasteiger partial charge in [0.2, 0.25) is 0 Å². The monoisotopic (exact) mass is 377 g/mol. The van der Waals surface area contributed by atoms with Crippen molar-refractivity contribution in [3.05, 3.63) is 50.5 Å². The minimum atomic E-state index is -0.0717. The Kier molecular flexibility index (Phi) is 4.31. The molecule has 0 saturated carbocycles. The molecule has 4 nitrogen and oxygen atoms in total. The number of fused-ring (bicyclic) bond motifs is 1. The third kappa shape index (κ3) is 2.80. The first-order valence-electron chi connectivity index (χ1n) is 7.00. The molecule has 6 heteroatoms. The first kappa shape index (κ1) is 15.2. The predicted octanol–water partition coefficient (Wildman–Crippen LogP) is 3.68. The largest absolute Gasteiger partial charge is 0.350 e. The zero-order chi connectivity index (χ0) is 15.7. The average molecular weight is 378 g/mol. The van der Waals surface area contributed by atoms with Crippen molar-refractivity contribution >= 4 is 44.1 Å². The van der Waals surface area contributed by atoms with Crippen molar-refractivity contribution in [2.24, 2.45) is 7.05 Å². The molecule has 0 aliphatic rings. The van der Waals surface area contributed by atoms with Crippen LogP contribution in [0.15, 0.2) is 34.1 Å². The highest BCUT2D eigenvalue weighted by Crippen LogP contribution is 2.30. The Morgan fingerprint density at radius 1 is 1.41 bits per heavy atom. The maximum absolute atomic E-state index is 12.5. The van der Waals surface area contributed by atoms with Gasteiger partial charge in [-0.1, -0.05) is 18.2 Å². The number of rotatable bonds is 4. The quantitative estimate of drug-likeness (QED) is 0.753. The molecule has 114 valence electrons. The molecule has 2 aromatic heterocycles. The fraction of sp³-hybridized carbons (Fsp3) is 0.250. The van der Waals surface area contributed by atoms with Crippen molar-refractivity contribution in [1.82, 2.24) is 14.9 Å². The zero-order valence-corrected chi connectivity index (χ0v) is 14.8. The van der Waals surface area contributed by atoms with Crippen LogP contribution < -0.4 is 5.32 Å². The van der Waals surface area contributed by atoms with Crippen LogP contribution in [-0.4, -0.2) is 22.0 Å². The molecular formula is C16H16BrN3OS. The van der Waals surface area contributed by atoms with Crippen LogP contribution in [0.4, 0.5) is 0 Å². The van der Waals surface area contributed by atoms with E-state index in [0.717, 1.165) is 32.5 Å². The number of carbonyl (C=O) groups excluding carboxylic acids is 1. The molecule has 0 bridgehead atoms. The van der Waals surface area contributed by atoms with E-state index < -0.39 is 0 Å². The second kappa shape index (κ2) is 6.22. The van der Waals surface area contributed by atoms with Gasteiger partial charge in [-0.2, -0.15) is 0 Å². The predicted molar refractivity (Wildman–Crippen MR) is 93.5 cm³/mol. The van der Waals surface area contributed by atoms with Crippen LogP contribution >= 0.6 is 27.3 Å². The van der Waals surface area contributed by atoms with Crippen LogP contribution in [-0.2, 0) is 13.5 Å². The van der Waals surface area contributed by atoms with E-state index in [-0.39, 0.29) is 5.91 Å². The van der Waals surface area contributed by atoms with Crippen molar-refractivity contribution < 1.29 is 4.79 Å². The van der Waals surface area contributed by atoms with Crippen molar-refractivity contribution in [3.8, 4) is 0 Å². The number of nitrogens with one attached hydrogen (secondary N) is 1. The van der Waals surface area contributed by atoms with Gasteiger partial charge in [0.25, 0.3) is 5.91 Å². The van der Waals surface area contributed by atoms with Crippen LogP contribution in [0, 0.1) is 6.92 Å². The number of hydrogen-bond donors (Lipinski definition) is 1. The second-order valence-electron chi connectivity index (χ2n) is 5.10. The Hall–Kier alpha value is -1.66. The van der Waals surface area contributed by atoms with Crippen LogP contribution in [0.2, 0.25) is 0 Å². The van der Waals surface area contributed by atoms with E-state index in [1.165, 1.54) is 0 Å². The summed E-state index contributed by atoms with van der Waals surface area (Å²) >= 11 is 5.18. The maximum Gasteiger partial charge on any atom is 0.269 e. The molecule has 0 atom stereocenters. The van der Waals surface area contributed by atoms with Crippen molar-refractivity contribution in [1.29, 1.82) is 0 Å². The van der Waals surface area contributed by atoms with Gasteiger partial charge < -0.3 is 9.88 Å². The highest BCUT2D eigenvalue weighted by atomic mass is 79.9. The second-order valence-corrected chi connectivity index (χ2v) is 6.96. The average Bonchev–Trinajstić information content (AvgIpc) is 3.02. The fourth-order valence-electron chi connectivity index (χ4n) is 2.51. The molecule has 0 aliphatic heterocycles. The summed E-state index contributed by atoms with van der Waals surface area (Å²) in [4.78, 5) is 16.9. The molecule has 0 spiro atoms. The number of amides is 1. The van der Waals surface area contributed by atoms with Crippen LogP contribution in [0.5, 0.6) is 0 Å². The number of thiazole rings is 1. The molecule has 1 N–H and O–H groups in total. The molecule has 2 heterocycles. The third-order valence-corrected chi connectivity index (χ3v) is 5.22. The van der Waals surface area contributed by atoms with Gasteiger partial charge in [0.1, 0.15) is 5.69 Å². The van der Waals surface area contributed by atoms with Crippen molar-refractivity contribution in [2.45, 2.75) is 13.3 Å². The highest BCUT2D eigenvalue weighted by molar-refractivity contribution is 9.10. The summed E-state index contributed by atoms with van der Waals surface area (Å²) in [6.07, 6.45) is 0.748. The Labute approximate surface area is 141 Å². The van der Waals surface area contributed by atoms with Crippen molar-refractivity contribution in [2.75, 3.05) is 6.54 Å². The first-order valence-corrected chi connectivity index (χ1v) is 8.67. The molecule has 1 aromatic carbocycles. The molecule has 0 radical (unpaired) electrons. The number of aryl methyl sites for hydroxylation is 2. The molecule has 3 aromatic rings. The van der Waals surface area contributed by atoms with E-state index in [0.29, 0.717) is 12.2 Å². The number of nitrogens with zero attached hydrogens (tertiary/aromatic N) is 2. The van der Waals surface area contributed by atoms with Gasteiger partial charge in [0, 0.05) is 36.3 Å². The number of carbonyl (C=O) groups is 1. The van der Waals surface area contributed by atoms with Gasteiger partial charge in [0.05, 0.1) is 15.2 Å². The summed E-state index contributed by atoms with van der Waals surface area (Å²) in [5.41, 5.74) is 2.71. The molecule has 1 amide bonds. The minimum Gasteiger partial charge on any atom is -0.350 e. The number of halogens is 1. The summed E-state index contributed by atoms with van der Waals surface area (Å²) in [5, 5.41) is 7.11. The summed E-state index contributed by atoms with van der Waals surface area (Å²) in [6.45, 7) is 2.56.